The molecule has 0 saturated carbocycles. The Morgan fingerprint density at radius 2 is 2.12 bits per heavy atom. The van der Waals surface area contributed by atoms with E-state index in [-0.39, 0.29) is 6.04 Å². The summed E-state index contributed by atoms with van der Waals surface area (Å²) in [7, 11) is 1.62. The lowest BCUT2D eigenvalue weighted by atomic mass is 10.0. The van der Waals surface area contributed by atoms with Crippen molar-refractivity contribution in [2.24, 2.45) is 5.73 Å². The first-order valence-corrected chi connectivity index (χ1v) is 5.44. The highest BCUT2D eigenvalue weighted by Gasteiger charge is 2.13. The summed E-state index contributed by atoms with van der Waals surface area (Å²) >= 11 is 0. The van der Waals surface area contributed by atoms with E-state index in [0.29, 0.717) is 6.42 Å². The van der Waals surface area contributed by atoms with Crippen LogP contribution in [0, 0.1) is 0 Å². The van der Waals surface area contributed by atoms with E-state index in [1.54, 1.807) is 19.5 Å². The molecule has 4 nitrogen and oxygen atoms in total. The highest BCUT2D eigenvalue weighted by atomic mass is 16.5. The molecule has 0 radical (unpaired) electrons. The maximum atomic E-state index is 6.13. The SMILES string of the molecule is COc1cccnc1C(N)Cc1cccnc1. The highest BCUT2D eigenvalue weighted by molar-refractivity contribution is 5.30. The topological polar surface area (TPSA) is 61.0 Å². The van der Waals surface area contributed by atoms with E-state index in [9.17, 15) is 0 Å². The van der Waals surface area contributed by atoms with Crippen LogP contribution >= 0.6 is 0 Å². The Hall–Kier alpha value is -1.94. The van der Waals surface area contributed by atoms with Crippen molar-refractivity contribution in [1.82, 2.24) is 9.97 Å². The fraction of sp³-hybridized carbons (Fsp3) is 0.231. The molecule has 1 atom stereocenters. The molecular weight excluding hydrogens is 214 g/mol. The molecule has 0 fully saturated rings. The van der Waals surface area contributed by atoms with E-state index < -0.39 is 0 Å². The van der Waals surface area contributed by atoms with Crippen LogP contribution in [0.4, 0.5) is 0 Å². The van der Waals surface area contributed by atoms with Crippen LogP contribution in [0.3, 0.4) is 0 Å². The standard InChI is InChI=1S/C13H15N3O/c1-17-12-5-3-7-16-13(12)11(14)8-10-4-2-6-15-9-10/h2-7,9,11H,8,14H2,1H3. The van der Waals surface area contributed by atoms with Crippen LogP contribution in [-0.2, 0) is 6.42 Å². The molecule has 2 rings (SSSR count). The zero-order chi connectivity index (χ0) is 12.1. The minimum atomic E-state index is -0.185. The molecule has 0 aliphatic carbocycles. The Kier molecular flexibility index (Phi) is 3.67. The molecule has 88 valence electrons. The van der Waals surface area contributed by atoms with Gasteiger partial charge in [0.05, 0.1) is 18.8 Å². The van der Waals surface area contributed by atoms with Crippen LogP contribution in [-0.4, -0.2) is 17.1 Å². The fourth-order valence-electron chi connectivity index (χ4n) is 1.72. The molecule has 2 heterocycles. The predicted octanol–water partition coefficient (Wildman–Crippen LogP) is 1.73. The van der Waals surface area contributed by atoms with Crippen molar-refractivity contribution < 1.29 is 4.74 Å². The van der Waals surface area contributed by atoms with Crippen molar-refractivity contribution in [1.29, 1.82) is 0 Å². The molecule has 0 bridgehead atoms. The van der Waals surface area contributed by atoms with Crippen LogP contribution in [0.1, 0.15) is 17.3 Å². The average molecular weight is 229 g/mol. The Balaban J connectivity index is 2.17. The maximum Gasteiger partial charge on any atom is 0.141 e. The number of ether oxygens (including phenoxy) is 1. The van der Waals surface area contributed by atoms with Crippen molar-refractivity contribution in [2.45, 2.75) is 12.5 Å². The normalized spacial score (nSPS) is 12.1. The van der Waals surface area contributed by atoms with Gasteiger partial charge in [-0.15, -0.1) is 0 Å². The van der Waals surface area contributed by atoms with Gasteiger partial charge < -0.3 is 10.5 Å². The van der Waals surface area contributed by atoms with Gasteiger partial charge in [-0.2, -0.15) is 0 Å². The quantitative estimate of drug-likeness (QED) is 0.867. The van der Waals surface area contributed by atoms with E-state index in [1.807, 2.05) is 30.5 Å². The van der Waals surface area contributed by atoms with Gasteiger partial charge in [-0.1, -0.05) is 6.07 Å². The van der Waals surface area contributed by atoms with Gasteiger partial charge in [-0.3, -0.25) is 9.97 Å². The zero-order valence-corrected chi connectivity index (χ0v) is 9.71. The van der Waals surface area contributed by atoms with Gasteiger partial charge in [0.1, 0.15) is 5.75 Å². The molecule has 4 heteroatoms. The Morgan fingerprint density at radius 3 is 2.82 bits per heavy atom. The Bertz CT molecular complexity index is 473. The number of nitrogens with zero attached hydrogens (tertiary/aromatic N) is 2. The van der Waals surface area contributed by atoms with Gasteiger partial charge in [0.25, 0.3) is 0 Å². The number of hydrogen-bond acceptors (Lipinski definition) is 4. The zero-order valence-electron chi connectivity index (χ0n) is 9.71. The first kappa shape index (κ1) is 11.5. The lowest BCUT2D eigenvalue weighted by Crippen LogP contribution is -2.16. The van der Waals surface area contributed by atoms with Gasteiger partial charge in [-0.25, -0.2) is 0 Å². The van der Waals surface area contributed by atoms with Crippen LogP contribution in [0.25, 0.3) is 0 Å². The Labute approximate surface area is 100 Å². The van der Waals surface area contributed by atoms with Gasteiger partial charge >= 0.3 is 0 Å². The summed E-state index contributed by atoms with van der Waals surface area (Å²) in [5, 5.41) is 0. The molecule has 2 N–H and O–H groups in total. The number of pyridine rings is 2. The first-order valence-electron chi connectivity index (χ1n) is 5.44. The summed E-state index contributed by atoms with van der Waals surface area (Å²) in [6.07, 6.45) is 5.98. The third-order valence-electron chi connectivity index (χ3n) is 2.55. The summed E-state index contributed by atoms with van der Waals surface area (Å²) in [5.41, 5.74) is 8.00. The summed E-state index contributed by atoms with van der Waals surface area (Å²) in [4.78, 5) is 8.34. The van der Waals surface area contributed by atoms with E-state index in [1.165, 1.54) is 0 Å². The molecule has 0 saturated heterocycles. The molecule has 0 aromatic carbocycles. The van der Waals surface area contributed by atoms with Gasteiger partial charge in [0, 0.05) is 18.6 Å². The van der Waals surface area contributed by atoms with Crippen molar-refractivity contribution in [3.63, 3.8) is 0 Å². The summed E-state index contributed by atoms with van der Waals surface area (Å²) in [6, 6.07) is 7.42. The first-order chi connectivity index (χ1) is 8.31. The maximum absolute atomic E-state index is 6.13. The van der Waals surface area contributed by atoms with Gasteiger partial charge in [0.15, 0.2) is 0 Å². The van der Waals surface area contributed by atoms with E-state index in [2.05, 4.69) is 9.97 Å². The van der Waals surface area contributed by atoms with Crippen LogP contribution in [0.2, 0.25) is 0 Å². The third-order valence-corrected chi connectivity index (χ3v) is 2.55. The molecule has 17 heavy (non-hydrogen) atoms. The Morgan fingerprint density at radius 1 is 1.29 bits per heavy atom. The molecular formula is C13H15N3O. The van der Waals surface area contributed by atoms with Crippen LogP contribution in [0.5, 0.6) is 5.75 Å². The molecule has 0 spiro atoms. The second-order valence-corrected chi connectivity index (χ2v) is 3.76. The molecule has 1 unspecified atom stereocenters. The van der Waals surface area contributed by atoms with Crippen molar-refractivity contribution >= 4 is 0 Å². The predicted molar refractivity (Wildman–Crippen MR) is 65.7 cm³/mol. The molecule has 2 aromatic rings. The largest absolute Gasteiger partial charge is 0.495 e. The van der Waals surface area contributed by atoms with Crippen molar-refractivity contribution in [3.8, 4) is 5.75 Å². The number of rotatable bonds is 4. The minimum absolute atomic E-state index is 0.185. The van der Waals surface area contributed by atoms with Crippen molar-refractivity contribution in [3.05, 3.63) is 54.1 Å². The summed E-state index contributed by atoms with van der Waals surface area (Å²) < 4.78 is 5.25. The number of aromatic nitrogens is 2. The van der Waals surface area contributed by atoms with E-state index in [0.717, 1.165) is 17.0 Å². The third kappa shape index (κ3) is 2.79. The molecule has 2 aromatic heterocycles. The monoisotopic (exact) mass is 229 g/mol. The highest BCUT2D eigenvalue weighted by Crippen LogP contribution is 2.22. The average Bonchev–Trinajstić information content (AvgIpc) is 2.40. The summed E-state index contributed by atoms with van der Waals surface area (Å²) in [5.74, 6) is 0.726. The fourth-order valence-corrected chi connectivity index (χ4v) is 1.72. The van der Waals surface area contributed by atoms with Gasteiger partial charge in [0.2, 0.25) is 0 Å². The molecule has 0 aliphatic rings. The lowest BCUT2D eigenvalue weighted by molar-refractivity contribution is 0.401. The second-order valence-electron chi connectivity index (χ2n) is 3.76. The number of nitrogens with two attached hydrogens (primary N) is 1. The van der Waals surface area contributed by atoms with E-state index >= 15 is 0 Å². The number of methoxy groups -OCH3 is 1. The molecule has 0 amide bonds. The van der Waals surface area contributed by atoms with Crippen LogP contribution < -0.4 is 10.5 Å². The summed E-state index contributed by atoms with van der Waals surface area (Å²) in [6.45, 7) is 0. The second kappa shape index (κ2) is 5.41. The lowest BCUT2D eigenvalue weighted by Gasteiger charge is -2.14. The molecule has 0 aliphatic heterocycles. The smallest absolute Gasteiger partial charge is 0.141 e. The van der Waals surface area contributed by atoms with E-state index in [4.69, 9.17) is 10.5 Å². The van der Waals surface area contributed by atoms with Crippen LogP contribution in [0.15, 0.2) is 42.9 Å². The van der Waals surface area contributed by atoms with Gasteiger partial charge in [-0.05, 0) is 30.2 Å². The number of hydrogen-bond donors (Lipinski definition) is 1. The van der Waals surface area contributed by atoms with Crippen molar-refractivity contribution in [2.75, 3.05) is 7.11 Å². The minimum Gasteiger partial charge on any atom is -0.495 e.